The minimum absolute atomic E-state index is 0.0404. The first-order valence-corrected chi connectivity index (χ1v) is 29.2. The number of esters is 2. The lowest BCUT2D eigenvalue weighted by atomic mass is 9.96. The SMILES string of the molecule is CCCCCCCCCCN(C(=O)C(F)CCCN)C(CCCCCCCCC(=O)OCC(CCCC)CCCCCC)CCCCCCCCC(=O)OCC(CCCC)CCCCCC. The van der Waals surface area contributed by atoms with Gasteiger partial charge >= 0.3 is 11.9 Å². The van der Waals surface area contributed by atoms with Crippen LogP contribution < -0.4 is 5.73 Å². The first kappa shape index (κ1) is 64.3. The van der Waals surface area contributed by atoms with Gasteiger partial charge in [0, 0.05) is 25.4 Å². The Bertz CT molecular complexity index is 1000. The fourth-order valence-corrected chi connectivity index (χ4v) is 9.55. The van der Waals surface area contributed by atoms with E-state index in [1.54, 1.807) is 0 Å². The number of carbonyl (C=O) groups excluding carboxylic acids is 3. The number of nitrogens with two attached hydrogens (primary N) is 1. The van der Waals surface area contributed by atoms with E-state index in [-0.39, 0.29) is 30.3 Å². The Morgan fingerprint density at radius 3 is 1.15 bits per heavy atom. The molecular weight excluding hydrogens is 824 g/mol. The van der Waals surface area contributed by atoms with Crippen molar-refractivity contribution in [2.45, 2.75) is 317 Å². The second kappa shape index (κ2) is 49.7. The molecule has 0 aliphatic rings. The summed E-state index contributed by atoms with van der Waals surface area (Å²) in [4.78, 5) is 40.9. The molecule has 0 aliphatic carbocycles. The normalized spacial score (nSPS) is 13.4. The quantitative estimate of drug-likeness (QED) is 0.0482. The third-order valence-electron chi connectivity index (χ3n) is 14.1. The number of carbonyl (C=O) groups is 3. The van der Waals surface area contributed by atoms with E-state index in [2.05, 4.69) is 34.6 Å². The molecule has 0 fully saturated rings. The van der Waals surface area contributed by atoms with Crippen LogP contribution in [0.1, 0.15) is 304 Å². The number of hydrogen-bond donors (Lipinski definition) is 1. The van der Waals surface area contributed by atoms with Crippen molar-refractivity contribution in [1.29, 1.82) is 0 Å². The van der Waals surface area contributed by atoms with Crippen molar-refractivity contribution < 1.29 is 28.2 Å². The predicted molar refractivity (Wildman–Crippen MR) is 281 cm³/mol. The lowest BCUT2D eigenvalue weighted by Crippen LogP contribution is -2.45. The van der Waals surface area contributed by atoms with Crippen LogP contribution in [0.5, 0.6) is 0 Å². The molecule has 0 rings (SSSR count). The van der Waals surface area contributed by atoms with Gasteiger partial charge in [-0.1, -0.05) is 221 Å². The highest BCUT2D eigenvalue weighted by atomic mass is 19.1. The summed E-state index contributed by atoms with van der Waals surface area (Å²) in [5.41, 5.74) is 5.73. The van der Waals surface area contributed by atoms with Crippen molar-refractivity contribution >= 4 is 17.8 Å². The average molecular weight is 938 g/mol. The summed E-state index contributed by atoms with van der Waals surface area (Å²) in [5.74, 6) is 0.596. The standard InChI is InChI=1S/C58H113FN2O5/c1-6-11-16-19-20-25-30-37-49-61(58(64)55(59)45-38-48-60)54(43-33-26-21-23-28-35-46-56(62)65-50-52(39-14-9-4)41-31-17-12-7-2)44-34-27-22-24-29-36-47-57(63)66-51-53(40-15-10-5)42-32-18-13-8-3/h52-55H,6-51,60H2,1-5H3. The smallest absolute Gasteiger partial charge is 0.305 e. The molecular formula is C58H113FN2O5. The minimum atomic E-state index is -1.48. The van der Waals surface area contributed by atoms with Gasteiger partial charge in [-0.25, -0.2) is 4.39 Å². The summed E-state index contributed by atoms with van der Waals surface area (Å²) < 4.78 is 27.0. The highest BCUT2D eigenvalue weighted by Gasteiger charge is 2.29. The number of ether oxygens (including phenoxy) is 2. The van der Waals surface area contributed by atoms with E-state index >= 15 is 4.39 Å². The Morgan fingerprint density at radius 2 is 0.742 bits per heavy atom. The van der Waals surface area contributed by atoms with Crippen LogP contribution in [-0.2, 0) is 23.9 Å². The molecule has 3 atom stereocenters. The number of hydrogen-bond acceptors (Lipinski definition) is 6. The summed E-state index contributed by atoms with van der Waals surface area (Å²) in [6, 6.07) is 0.0586. The van der Waals surface area contributed by atoms with Crippen LogP contribution in [-0.4, -0.2) is 61.3 Å². The lowest BCUT2D eigenvalue weighted by Gasteiger charge is -2.33. The molecule has 0 saturated carbocycles. The van der Waals surface area contributed by atoms with Gasteiger partial charge in [0.25, 0.3) is 5.91 Å². The highest BCUT2D eigenvalue weighted by Crippen LogP contribution is 2.24. The molecule has 0 spiro atoms. The zero-order valence-electron chi connectivity index (χ0n) is 44.8. The van der Waals surface area contributed by atoms with Crippen molar-refractivity contribution in [3.05, 3.63) is 0 Å². The second-order valence-electron chi connectivity index (χ2n) is 20.5. The maximum Gasteiger partial charge on any atom is 0.305 e. The summed E-state index contributed by atoms with van der Waals surface area (Å²) in [6.45, 7) is 13.4. The van der Waals surface area contributed by atoms with Crippen LogP contribution in [0.25, 0.3) is 0 Å². The van der Waals surface area contributed by atoms with E-state index in [0.29, 0.717) is 57.4 Å². The van der Waals surface area contributed by atoms with E-state index in [9.17, 15) is 14.4 Å². The molecule has 2 N–H and O–H groups in total. The van der Waals surface area contributed by atoms with E-state index < -0.39 is 6.17 Å². The van der Waals surface area contributed by atoms with Gasteiger partial charge in [-0.2, -0.15) is 0 Å². The molecule has 66 heavy (non-hydrogen) atoms. The van der Waals surface area contributed by atoms with Crippen LogP contribution in [0, 0.1) is 11.8 Å². The Hall–Kier alpha value is -1.70. The Kier molecular flexibility index (Phi) is 48.4. The molecule has 8 heteroatoms. The van der Waals surface area contributed by atoms with Crippen LogP contribution >= 0.6 is 0 Å². The fourth-order valence-electron chi connectivity index (χ4n) is 9.55. The fraction of sp³-hybridized carbons (Fsp3) is 0.948. The third-order valence-corrected chi connectivity index (χ3v) is 14.1. The van der Waals surface area contributed by atoms with Gasteiger partial charge < -0.3 is 20.1 Å². The monoisotopic (exact) mass is 937 g/mol. The molecule has 392 valence electrons. The molecule has 1 amide bonds. The Labute approximate surface area is 410 Å². The summed E-state index contributed by atoms with van der Waals surface area (Å²) in [5, 5.41) is 0. The van der Waals surface area contributed by atoms with E-state index in [0.717, 1.165) is 116 Å². The highest BCUT2D eigenvalue weighted by molar-refractivity contribution is 5.81. The van der Waals surface area contributed by atoms with Gasteiger partial charge in [0.05, 0.1) is 13.2 Å². The molecule has 0 aromatic heterocycles. The first-order valence-electron chi connectivity index (χ1n) is 29.2. The average Bonchev–Trinajstić information content (AvgIpc) is 3.32. The molecule has 0 aromatic rings. The molecule has 7 nitrogen and oxygen atoms in total. The number of unbranched alkanes of at least 4 members (excludes halogenated alkanes) is 25. The number of amides is 1. The number of halogens is 1. The third kappa shape index (κ3) is 40.2. The predicted octanol–water partition coefficient (Wildman–Crippen LogP) is 17.3. The molecule has 0 aliphatic heterocycles. The van der Waals surface area contributed by atoms with E-state index in [1.807, 2.05) is 4.90 Å². The molecule has 0 aromatic carbocycles. The topological polar surface area (TPSA) is 98.9 Å². The largest absolute Gasteiger partial charge is 0.465 e. The number of rotatable bonds is 52. The van der Waals surface area contributed by atoms with Crippen molar-refractivity contribution in [1.82, 2.24) is 4.90 Å². The van der Waals surface area contributed by atoms with Crippen molar-refractivity contribution in [3.8, 4) is 0 Å². The Morgan fingerprint density at radius 1 is 0.409 bits per heavy atom. The van der Waals surface area contributed by atoms with Crippen LogP contribution in [0.2, 0.25) is 0 Å². The van der Waals surface area contributed by atoms with Crippen molar-refractivity contribution in [2.75, 3.05) is 26.3 Å². The van der Waals surface area contributed by atoms with Gasteiger partial charge in [-0.15, -0.1) is 0 Å². The van der Waals surface area contributed by atoms with Gasteiger partial charge in [0.1, 0.15) is 0 Å². The number of alkyl halides is 1. The molecule has 0 bridgehead atoms. The lowest BCUT2D eigenvalue weighted by molar-refractivity contribution is -0.146. The van der Waals surface area contributed by atoms with Gasteiger partial charge in [0.2, 0.25) is 0 Å². The zero-order valence-corrected chi connectivity index (χ0v) is 44.8. The zero-order chi connectivity index (χ0) is 48.6. The maximum atomic E-state index is 15.5. The van der Waals surface area contributed by atoms with Crippen molar-refractivity contribution in [2.24, 2.45) is 17.6 Å². The Balaban J connectivity index is 5.08. The number of nitrogens with zero attached hydrogens (tertiary/aromatic N) is 1. The van der Waals surface area contributed by atoms with E-state index in [1.165, 1.54) is 128 Å². The summed E-state index contributed by atoms with van der Waals surface area (Å²) in [7, 11) is 0. The van der Waals surface area contributed by atoms with Crippen LogP contribution in [0.4, 0.5) is 4.39 Å². The second-order valence-corrected chi connectivity index (χ2v) is 20.5. The summed E-state index contributed by atoms with van der Waals surface area (Å²) >= 11 is 0. The maximum absolute atomic E-state index is 15.5. The molecule has 0 saturated heterocycles. The van der Waals surface area contributed by atoms with Gasteiger partial charge in [0.15, 0.2) is 6.17 Å². The summed E-state index contributed by atoms with van der Waals surface area (Å²) in [6.07, 6.45) is 43.6. The molecule has 3 unspecified atom stereocenters. The van der Waals surface area contributed by atoms with Crippen LogP contribution in [0.15, 0.2) is 0 Å². The molecule has 0 radical (unpaired) electrons. The van der Waals surface area contributed by atoms with E-state index in [4.69, 9.17) is 15.2 Å². The molecule has 0 heterocycles. The minimum Gasteiger partial charge on any atom is -0.465 e. The first-order chi connectivity index (χ1) is 32.3. The van der Waals surface area contributed by atoms with Gasteiger partial charge in [-0.05, 0) is 89.0 Å². The van der Waals surface area contributed by atoms with Gasteiger partial charge in [-0.3, -0.25) is 14.4 Å². The van der Waals surface area contributed by atoms with Crippen molar-refractivity contribution in [3.63, 3.8) is 0 Å². The van der Waals surface area contributed by atoms with Crippen LogP contribution in [0.3, 0.4) is 0 Å².